The van der Waals surface area contributed by atoms with E-state index in [9.17, 15) is 10.2 Å². The molecule has 4 aromatic rings. The van der Waals surface area contributed by atoms with Crippen molar-refractivity contribution in [1.29, 1.82) is 0 Å². The molecule has 4 N–H and O–H groups in total. The third-order valence-corrected chi connectivity index (χ3v) is 7.39. The van der Waals surface area contributed by atoms with Crippen molar-refractivity contribution in [1.82, 2.24) is 4.98 Å². The molecule has 4 nitrogen and oxygen atoms in total. The highest BCUT2D eigenvalue weighted by atomic mass is 32.2. The van der Waals surface area contributed by atoms with Gasteiger partial charge in [-0.15, -0.1) is 23.1 Å². The van der Waals surface area contributed by atoms with Gasteiger partial charge in [0.15, 0.2) is 0 Å². The molecule has 154 valence electrons. The Morgan fingerprint density at radius 3 is 2.70 bits per heavy atom. The number of thioether (sulfide) groups is 1. The number of hydrogen-bond donors (Lipinski definition) is 3. The Morgan fingerprint density at radius 1 is 1.13 bits per heavy atom. The Hall–Kier alpha value is -2.22. The summed E-state index contributed by atoms with van der Waals surface area (Å²) in [5.74, 6) is 0. The normalized spacial score (nSPS) is 14.6. The molecule has 2 aromatic carbocycles. The number of fused-ring (bicyclic) bond motifs is 1. The summed E-state index contributed by atoms with van der Waals surface area (Å²) in [6.45, 7) is 1.24. The molecule has 0 aliphatic heterocycles. The summed E-state index contributed by atoms with van der Waals surface area (Å²) in [5, 5.41) is 21.1. The Labute approximate surface area is 184 Å². The average Bonchev–Trinajstić information content (AvgIpc) is 3.23. The third kappa shape index (κ3) is 3.89. The van der Waals surface area contributed by atoms with Crippen LogP contribution in [0.2, 0.25) is 0 Å². The molecule has 0 aliphatic rings. The second-order valence-corrected chi connectivity index (χ2v) is 9.39. The van der Waals surface area contributed by atoms with E-state index in [0.717, 1.165) is 31.8 Å². The third-order valence-electron chi connectivity index (χ3n) is 5.31. The smallest absolute Gasteiger partial charge is 0.110 e. The number of benzene rings is 2. The summed E-state index contributed by atoms with van der Waals surface area (Å²) in [5.41, 5.74) is 8.86. The van der Waals surface area contributed by atoms with E-state index in [1.807, 2.05) is 30.3 Å². The van der Waals surface area contributed by atoms with Crippen molar-refractivity contribution in [3.63, 3.8) is 0 Å². The fraction of sp³-hybridized carbons (Fsp3) is 0.208. The number of aromatic nitrogens is 1. The molecule has 0 amide bonds. The van der Waals surface area contributed by atoms with Gasteiger partial charge in [-0.25, -0.2) is 0 Å². The molecule has 0 aliphatic carbocycles. The van der Waals surface area contributed by atoms with Gasteiger partial charge in [0.1, 0.15) is 5.60 Å². The van der Waals surface area contributed by atoms with Crippen LogP contribution in [0.15, 0.2) is 71.8 Å². The van der Waals surface area contributed by atoms with Gasteiger partial charge >= 0.3 is 0 Å². The van der Waals surface area contributed by atoms with Gasteiger partial charge in [-0.1, -0.05) is 36.4 Å². The summed E-state index contributed by atoms with van der Waals surface area (Å²) in [6.07, 6.45) is 3.73. The maximum atomic E-state index is 10.4. The van der Waals surface area contributed by atoms with Crippen LogP contribution in [-0.4, -0.2) is 28.1 Å². The van der Waals surface area contributed by atoms with Crippen molar-refractivity contribution in [2.24, 2.45) is 5.73 Å². The number of aliphatic hydroxyl groups is 2. The lowest BCUT2D eigenvalue weighted by molar-refractivity contribution is -0.00230. The lowest BCUT2D eigenvalue weighted by Crippen LogP contribution is -2.25. The van der Waals surface area contributed by atoms with Crippen LogP contribution in [0.1, 0.15) is 29.0 Å². The SMILES string of the molecule is CSc1ccccc1C(N)c1cc2cccc(-c3cc(C(C)(O)CO)ccn3)c2s1. The molecule has 0 saturated carbocycles. The van der Waals surface area contributed by atoms with Crippen molar-refractivity contribution >= 4 is 33.2 Å². The van der Waals surface area contributed by atoms with Crippen molar-refractivity contribution in [3.8, 4) is 11.3 Å². The van der Waals surface area contributed by atoms with E-state index in [1.54, 1.807) is 42.3 Å². The Morgan fingerprint density at radius 2 is 1.93 bits per heavy atom. The number of aliphatic hydroxyl groups excluding tert-OH is 1. The minimum Gasteiger partial charge on any atom is -0.393 e. The number of hydrogen-bond acceptors (Lipinski definition) is 6. The standard InChI is InChI=1S/C24H24N2O2S2/c1-24(28,14-27)16-10-11-26-19(13-16)17-8-5-6-15-12-21(30-23(15)17)22(25)18-7-3-4-9-20(18)29-2/h3-13,22,27-28H,14,25H2,1-2H3. The maximum absolute atomic E-state index is 10.4. The van der Waals surface area contributed by atoms with Crippen LogP contribution >= 0.6 is 23.1 Å². The molecule has 2 aromatic heterocycles. The van der Waals surface area contributed by atoms with Crippen molar-refractivity contribution in [2.75, 3.05) is 12.9 Å². The van der Waals surface area contributed by atoms with Crippen molar-refractivity contribution in [2.45, 2.75) is 23.5 Å². The van der Waals surface area contributed by atoms with Crippen molar-refractivity contribution < 1.29 is 10.2 Å². The predicted molar refractivity (Wildman–Crippen MR) is 126 cm³/mol. The zero-order valence-corrected chi connectivity index (χ0v) is 18.5. The van der Waals surface area contributed by atoms with E-state index in [2.05, 4.69) is 35.5 Å². The number of pyridine rings is 1. The summed E-state index contributed by atoms with van der Waals surface area (Å²) in [7, 11) is 0. The van der Waals surface area contributed by atoms with Crippen LogP contribution in [0.25, 0.3) is 21.3 Å². The molecule has 6 heteroatoms. The highest BCUT2D eigenvalue weighted by molar-refractivity contribution is 7.98. The van der Waals surface area contributed by atoms with E-state index in [4.69, 9.17) is 5.73 Å². The molecule has 0 bridgehead atoms. The van der Waals surface area contributed by atoms with Gasteiger partial charge in [-0.3, -0.25) is 4.98 Å². The van der Waals surface area contributed by atoms with Crippen molar-refractivity contribution in [3.05, 3.63) is 82.9 Å². The van der Waals surface area contributed by atoms with E-state index in [-0.39, 0.29) is 12.6 Å². The van der Waals surface area contributed by atoms with Gasteiger partial charge in [0, 0.05) is 26.2 Å². The zero-order chi connectivity index (χ0) is 21.3. The molecule has 30 heavy (non-hydrogen) atoms. The summed E-state index contributed by atoms with van der Waals surface area (Å²) < 4.78 is 1.11. The van der Waals surface area contributed by atoms with Crippen LogP contribution in [0.4, 0.5) is 0 Å². The molecule has 2 atom stereocenters. The lowest BCUT2D eigenvalue weighted by atomic mass is 9.96. The lowest BCUT2D eigenvalue weighted by Gasteiger charge is -2.21. The van der Waals surface area contributed by atoms with Gasteiger partial charge in [-0.2, -0.15) is 0 Å². The molecule has 4 rings (SSSR count). The molecule has 2 heterocycles. The van der Waals surface area contributed by atoms with Gasteiger partial charge in [0.2, 0.25) is 0 Å². The van der Waals surface area contributed by atoms with E-state index in [1.165, 1.54) is 4.90 Å². The largest absolute Gasteiger partial charge is 0.393 e. The fourth-order valence-corrected chi connectivity index (χ4v) is 5.37. The Balaban J connectivity index is 1.80. The second kappa shape index (κ2) is 8.49. The van der Waals surface area contributed by atoms with E-state index < -0.39 is 5.60 Å². The van der Waals surface area contributed by atoms with E-state index in [0.29, 0.717) is 5.56 Å². The van der Waals surface area contributed by atoms with E-state index >= 15 is 0 Å². The molecular formula is C24H24N2O2S2. The molecule has 0 spiro atoms. The van der Waals surface area contributed by atoms with Gasteiger partial charge in [0.25, 0.3) is 0 Å². The first-order valence-electron chi connectivity index (χ1n) is 9.65. The van der Waals surface area contributed by atoms with Crippen LogP contribution in [0.5, 0.6) is 0 Å². The summed E-state index contributed by atoms with van der Waals surface area (Å²) in [4.78, 5) is 6.81. The quantitative estimate of drug-likeness (QED) is 0.373. The Bertz CT molecular complexity index is 1190. The van der Waals surface area contributed by atoms with Crippen LogP contribution in [-0.2, 0) is 5.60 Å². The summed E-state index contributed by atoms with van der Waals surface area (Å²) in [6, 6.07) is 19.9. The first-order valence-corrected chi connectivity index (χ1v) is 11.7. The van der Waals surface area contributed by atoms with Crippen LogP contribution in [0.3, 0.4) is 0 Å². The monoisotopic (exact) mass is 436 g/mol. The van der Waals surface area contributed by atoms with Gasteiger partial charge in [-0.05, 0) is 54.0 Å². The fourth-order valence-electron chi connectivity index (χ4n) is 3.52. The average molecular weight is 437 g/mol. The van der Waals surface area contributed by atoms with Gasteiger partial charge < -0.3 is 15.9 Å². The minimum absolute atomic E-state index is 0.201. The zero-order valence-electron chi connectivity index (χ0n) is 16.9. The molecular weight excluding hydrogens is 412 g/mol. The first kappa shape index (κ1) is 21.0. The number of thiophene rings is 1. The predicted octanol–water partition coefficient (Wildman–Crippen LogP) is 4.93. The number of rotatable bonds is 6. The topological polar surface area (TPSA) is 79.4 Å². The maximum Gasteiger partial charge on any atom is 0.110 e. The highest BCUT2D eigenvalue weighted by Gasteiger charge is 2.23. The second-order valence-electron chi connectivity index (χ2n) is 7.45. The Kier molecular flexibility index (Phi) is 5.95. The molecule has 2 unspecified atom stereocenters. The highest BCUT2D eigenvalue weighted by Crippen LogP contribution is 2.39. The van der Waals surface area contributed by atoms with Crippen LogP contribution in [0, 0.1) is 0 Å². The summed E-state index contributed by atoms with van der Waals surface area (Å²) >= 11 is 3.38. The first-order chi connectivity index (χ1) is 14.4. The van der Waals surface area contributed by atoms with Gasteiger partial charge in [0.05, 0.1) is 18.3 Å². The molecule has 0 fully saturated rings. The van der Waals surface area contributed by atoms with Crippen LogP contribution < -0.4 is 5.73 Å². The minimum atomic E-state index is -1.31. The number of nitrogens with zero attached hydrogens (tertiary/aromatic N) is 1. The molecule has 0 saturated heterocycles. The number of nitrogens with two attached hydrogens (primary N) is 1. The molecule has 0 radical (unpaired) electrons.